The lowest BCUT2D eigenvalue weighted by Gasteiger charge is -2.58. The van der Waals surface area contributed by atoms with Crippen LogP contribution in [-0.4, -0.2) is 60.7 Å². The van der Waals surface area contributed by atoms with Crippen LogP contribution in [0.5, 0.6) is 0 Å². The van der Waals surface area contributed by atoms with Crippen LogP contribution in [0.1, 0.15) is 46.0 Å². The van der Waals surface area contributed by atoms with Gasteiger partial charge < -0.3 is 25.2 Å². The van der Waals surface area contributed by atoms with E-state index in [2.05, 4.69) is 24.5 Å². The Balaban J connectivity index is 1.35. The van der Waals surface area contributed by atoms with E-state index in [-0.39, 0.29) is 53.2 Å². The molecule has 0 aromatic carbocycles. The fourth-order valence-electron chi connectivity index (χ4n) is 9.00. The van der Waals surface area contributed by atoms with Gasteiger partial charge in [-0.3, -0.25) is 14.4 Å². The van der Waals surface area contributed by atoms with Crippen molar-refractivity contribution in [1.29, 1.82) is 0 Å². The second-order valence-electron chi connectivity index (χ2n) is 12.4. The molecule has 0 aromatic heterocycles. The van der Waals surface area contributed by atoms with Crippen molar-refractivity contribution in [2.45, 2.75) is 70.3 Å². The number of hydrogen-bond acceptors (Lipinski definition) is 6. The first kappa shape index (κ1) is 25.8. The number of amides is 2. The molecule has 3 saturated carbocycles. The number of allylic oxidation sites excluding steroid dienone is 3. The summed E-state index contributed by atoms with van der Waals surface area (Å²) in [5.74, 6) is 2.01. The van der Waals surface area contributed by atoms with Crippen LogP contribution < -0.4 is 10.6 Å². The number of aliphatic hydroxyl groups is 1. The van der Waals surface area contributed by atoms with Gasteiger partial charge in [-0.1, -0.05) is 19.1 Å². The molecule has 6 aliphatic rings. The second kappa shape index (κ2) is 9.94. The molecule has 3 aliphatic carbocycles. The van der Waals surface area contributed by atoms with E-state index >= 15 is 0 Å². The molecule has 6 bridgehead atoms. The van der Waals surface area contributed by atoms with E-state index in [0.29, 0.717) is 54.9 Å². The third kappa shape index (κ3) is 4.24. The summed E-state index contributed by atoms with van der Waals surface area (Å²) in [4.78, 5) is 37.9. The molecular weight excluding hydrogens is 484 g/mol. The Labute approximate surface area is 224 Å². The average molecular weight is 525 g/mol. The number of hydrogen-bond donors (Lipinski definition) is 3. The molecule has 2 amide bonds. The molecule has 3 aliphatic heterocycles. The Morgan fingerprint density at radius 2 is 1.84 bits per heavy atom. The molecule has 3 N–H and O–H groups in total. The lowest BCUT2D eigenvalue weighted by atomic mass is 9.45. The summed E-state index contributed by atoms with van der Waals surface area (Å²) in [5.41, 5.74) is -0.153. The SMILES string of the molecule is COC(C)C1C(C)CC2C3CC4/C=C/C(O)=C5/C(=O)NC(CCCNC(=O)/C=C\CC4C2C2OC2C31)C5=O. The summed E-state index contributed by atoms with van der Waals surface area (Å²) in [5, 5.41) is 16.5. The van der Waals surface area contributed by atoms with Crippen LogP contribution in [0.3, 0.4) is 0 Å². The summed E-state index contributed by atoms with van der Waals surface area (Å²) in [6.07, 6.45) is 11.7. The van der Waals surface area contributed by atoms with E-state index in [0.717, 1.165) is 19.3 Å². The highest BCUT2D eigenvalue weighted by Gasteiger charge is 2.68. The number of Topliss-reactive ketones (excluding diaryl/α,β-unsaturated/α-hetero) is 1. The Hall–Kier alpha value is -2.45. The van der Waals surface area contributed by atoms with Crippen molar-refractivity contribution in [1.82, 2.24) is 10.6 Å². The molecule has 6 rings (SSSR count). The van der Waals surface area contributed by atoms with Crippen LogP contribution in [0, 0.1) is 47.3 Å². The molecule has 38 heavy (non-hydrogen) atoms. The van der Waals surface area contributed by atoms with Gasteiger partial charge in [-0.15, -0.1) is 0 Å². The van der Waals surface area contributed by atoms with Gasteiger partial charge in [0.05, 0.1) is 24.4 Å². The molecule has 2 saturated heterocycles. The van der Waals surface area contributed by atoms with Gasteiger partial charge in [0.15, 0.2) is 5.78 Å². The third-order valence-corrected chi connectivity index (χ3v) is 10.6. The van der Waals surface area contributed by atoms with Crippen molar-refractivity contribution in [3.8, 4) is 0 Å². The van der Waals surface area contributed by atoms with Crippen LogP contribution >= 0.6 is 0 Å². The van der Waals surface area contributed by atoms with E-state index in [1.165, 1.54) is 0 Å². The summed E-state index contributed by atoms with van der Waals surface area (Å²) in [7, 11) is 1.80. The summed E-state index contributed by atoms with van der Waals surface area (Å²) < 4.78 is 12.3. The van der Waals surface area contributed by atoms with E-state index < -0.39 is 11.9 Å². The van der Waals surface area contributed by atoms with E-state index in [1.807, 2.05) is 12.2 Å². The minimum atomic E-state index is -0.666. The molecule has 5 fully saturated rings. The van der Waals surface area contributed by atoms with Crippen molar-refractivity contribution in [2.75, 3.05) is 13.7 Å². The zero-order valence-corrected chi connectivity index (χ0v) is 22.5. The molecule has 12 atom stereocenters. The van der Waals surface area contributed by atoms with Crippen molar-refractivity contribution in [3.63, 3.8) is 0 Å². The fraction of sp³-hybridized carbons (Fsp3) is 0.700. The fourth-order valence-corrected chi connectivity index (χ4v) is 9.00. The second-order valence-corrected chi connectivity index (χ2v) is 12.4. The molecule has 0 aromatic rings. The lowest BCUT2D eigenvalue weighted by molar-refractivity contribution is -0.118. The quantitative estimate of drug-likeness (QED) is 0.378. The van der Waals surface area contributed by atoms with E-state index in [4.69, 9.17) is 9.47 Å². The van der Waals surface area contributed by atoms with Gasteiger partial charge in [0.2, 0.25) is 5.91 Å². The normalized spacial score (nSPS) is 48.7. The van der Waals surface area contributed by atoms with Gasteiger partial charge in [-0.25, -0.2) is 0 Å². The number of ether oxygens (including phenoxy) is 2. The predicted octanol–water partition coefficient (Wildman–Crippen LogP) is 2.85. The number of aliphatic hydroxyl groups excluding tert-OH is 1. The minimum Gasteiger partial charge on any atom is -0.507 e. The summed E-state index contributed by atoms with van der Waals surface area (Å²) in [6.45, 7) is 4.96. The number of carbonyl (C=O) groups is 3. The van der Waals surface area contributed by atoms with Gasteiger partial charge in [0.25, 0.3) is 5.91 Å². The highest BCUT2D eigenvalue weighted by atomic mass is 16.6. The van der Waals surface area contributed by atoms with Crippen LogP contribution in [0.2, 0.25) is 0 Å². The number of carbonyl (C=O) groups excluding carboxylic acids is 3. The molecule has 206 valence electrons. The number of epoxide rings is 1. The van der Waals surface area contributed by atoms with Crippen molar-refractivity contribution in [3.05, 3.63) is 35.6 Å². The highest BCUT2D eigenvalue weighted by Crippen LogP contribution is 2.66. The molecule has 8 heteroatoms. The molecule has 12 unspecified atom stereocenters. The minimum absolute atomic E-state index is 0.134. The maximum absolute atomic E-state index is 12.9. The predicted molar refractivity (Wildman–Crippen MR) is 140 cm³/mol. The average Bonchev–Trinajstić information content (AvgIpc) is 3.60. The summed E-state index contributed by atoms with van der Waals surface area (Å²) >= 11 is 0. The number of methoxy groups -OCH3 is 1. The number of nitrogens with one attached hydrogen (secondary N) is 2. The highest BCUT2D eigenvalue weighted by molar-refractivity contribution is 6.27. The molecule has 0 spiro atoms. The molecular formula is C30H40N2O6. The zero-order valence-electron chi connectivity index (χ0n) is 22.5. The van der Waals surface area contributed by atoms with E-state index in [1.54, 1.807) is 19.3 Å². The topological polar surface area (TPSA) is 117 Å². The van der Waals surface area contributed by atoms with Gasteiger partial charge in [0.1, 0.15) is 11.3 Å². The van der Waals surface area contributed by atoms with Gasteiger partial charge >= 0.3 is 0 Å². The van der Waals surface area contributed by atoms with Gasteiger partial charge in [-0.2, -0.15) is 0 Å². The smallest absolute Gasteiger partial charge is 0.259 e. The first-order valence-corrected chi connectivity index (χ1v) is 14.4. The largest absolute Gasteiger partial charge is 0.507 e. The van der Waals surface area contributed by atoms with Crippen molar-refractivity contribution >= 4 is 17.6 Å². The standard InChI is InChI=1S/C30H40N2O6/c1-14-12-18-19-13-16-9-10-21(33)26-27(35)20(32-30(26)36)7-5-11-31-22(34)8-4-6-17(16)24(18)28-29(38-28)25(19)23(14)15(2)37-3/h4,8-10,14-20,23-25,28-29,33H,5-7,11-13H2,1-3H3,(H,31,34)(H,32,36)/b8-4-,10-9+,26-21-. The zero-order chi connectivity index (χ0) is 26.7. The Morgan fingerprint density at radius 3 is 2.63 bits per heavy atom. The maximum atomic E-state index is 12.9. The molecule has 0 radical (unpaired) electrons. The molecule has 3 heterocycles. The third-order valence-electron chi connectivity index (χ3n) is 10.6. The van der Waals surface area contributed by atoms with E-state index in [9.17, 15) is 19.5 Å². The first-order chi connectivity index (χ1) is 18.3. The first-order valence-electron chi connectivity index (χ1n) is 14.4. The van der Waals surface area contributed by atoms with Crippen LogP contribution in [-0.2, 0) is 23.9 Å². The number of ketones is 1. The number of rotatable bonds is 2. The monoisotopic (exact) mass is 524 g/mol. The van der Waals surface area contributed by atoms with Crippen LogP contribution in [0.4, 0.5) is 0 Å². The maximum Gasteiger partial charge on any atom is 0.259 e. The van der Waals surface area contributed by atoms with Gasteiger partial charge in [-0.05, 0) is 98.5 Å². The molecule has 8 nitrogen and oxygen atoms in total. The van der Waals surface area contributed by atoms with Crippen LogP contribution in [0.15, 0.2) is 35.6 Å². The van der Waals surface area contributed by atoms with Crippen molar-refractivity contribution < 1.29 is 29.0 Å². The van der Waals surface area contributed by atoms with Gasteiger partial charge in [0, 0.05) is 13.7 Å². The Bertz CT molecular complexity index is 1100. The van der Waals surface area contributed by atoms with Crippen molar-refractivity contribution in [2.24, 2.45) is 47.3 Å². The summed E-state index contributed by atoms with van der Waals surface area (Å²) in [6, 6.07) is -0.666. The Morgan fingerprint density at radius 1 is 1.08 bits per heavy atom. The Kier molecular flexibility index (Phi) is 6.75. The van der Waals surface area contributed by atoms with Crippen LogP contribution in [0.25, 0.3) is 0 Å². The lowest BCUT2D eigenvalue weighted by Crippen LogP contribution is -2.57. The number of fused-ring (bicyclic) bond motifs is 7.